The Morgan fingerprint density at radius 3 is 2.32 bits per heavy atom. The number of nitrogens with zero attached hydrogens (tertiary/aromatic N) is 1. The van der Waals surface area contributed by atoms with Crippen LogP contribution < -0.4 is 5.32 Å². The van der Waals surface area contributed by atoms with E-state index < -0.39 is 21.7 Å². The standard InChI is InChI=1S/C17H18BrFN2O3S/c1-11(2)21(3)25(23,24)14-7-5-13(6-8-14)20-17(22)15-10-12(18)4-9-16(15)19/h4-11H,1-3H3,(H,20,22). The first-order valence-electron chi connectivity index (χ1n) is 7.47. The fourth-order valence-electron chi connectivity index (χ4n) is 2.02. The summed E-state index contributed by atoms with van der Waals surface area (Å²) in [7, 11) is -2.09. The van der Waals surface area contributed by atoms with Crippen molar-refractivity contribution in [3.63, 3.8) is 0 Å². The molecule has 0 spiro atoms. The van der Waals surface area contributed by atoms with Crippen molar-refractivity contribution in [1.82, 2.24) is 4.31 Å². The van der Waals surface area contributed by atoms with Gasteiger partial charge in [0.25, 0.3) is 5.91 Å². The number of rotatable bonds is 5. The fraction of sp³-hybridized carbons (Fsp3) is 0.235. The summed E-state index contributed by atoms with van der Waals surface area (Å²) in [5.41, 5.74) is 0.265. The van der Waals surface area contributed by atoms with Crippen LogP contribution >= 0.6 is 15.9 Å². The molecule has 0 radical (unpaired) electrons. The van der Waals surface area contributed by atoms with Gasteiger partial charge in [-0.2, -0.15) is 4.31 Å². The van der Waals surface area contributed by atoms with Gasteiger partial charge < -0.3 is 5.32 Å². The molecule has 2 aromatic rings. The maximum absolute atomic E-state index is 13.7. The molecule has 0 bridgehead atoms. The number of carbonyl (C=O) groups excluding carboxylic acids is 1. The van der Waals surface area contributed by atoms with Gasteiger partial charge in [0, 0.05) is 23.2 Å². The monoisotopic (exact) mass is 428 g/mol. The highest BCUT2D eigenvalue weighted by Crippen LogP contribution is 2.21. The van der Waals surface area contributed by atoms with Crippen molar-refractivity contribution in [1.29, 1.82) is 0 Å². The van der Waals surface area contributed by atoms with Gasteiger partial charge in [0.1, 0.15) is 5.82 Å². The van der Waals surface area contributed by atoms with Crippen molar-refractivity contribution in [2.75, 3.05) is 12.4 Å². The number of benzene rings is 2. The molecule has 0 aromatic heterocycles. The first-order valence-corrected chi connectivity index (χ1v) is 9.70. The predicted molar refractivity (Wildman–Crippen MR) is 98.6 cm³/mol. The maximum Gasteiger partial charge on any atom is 0.258 e. The maximum atomic E-state index is 13.7. The second-order valence-corrected chi connectivity index (χ2v) is 8.63. The van der Waals surface area contributed by atoms with Crippen molar-refractivity contribution >= 4 is 37.5 Å². The minimum absolute atomic E-state index is 0.106. The van der Waals surface area contributed by atoms with Gasteiger partial charge in [0.2, 0.25) is 10.0 Å². The lowest BCUT2D eigenvalue weighted by atomic mass is 10.2. The molecular formula is C17H18BrFN2O3S. The Morgan fingerprint density at radius 1 is 1.16 bits per heavy atom. The first kappa shape index (κ1) is 19.6. The largest absolute Gasteiger partial charge is 0.322 e. The summed E-state index contributed by atoms with van der Waals surface area (Å²) < 4.78 is 40.4. The molecule has 5 nitrogen and oxygen atoms in total. The number of sulfonamides is 1. The number of anilines is 1. The molecule has 0 aliphatic heterocycles. The Balaban J connectivity index is 2.21. The Hall–Kier alpha value is -1.77. The van der Waals surface area contributed by atoms with Crippen LogP contribution in [-0.2, 0) is 10.0 Å². The van der Waals surface area contributed by atoms with E-state index in [4.69, 9.17) is 0 Å². The van der Waals surface area contributed by atoms with Crippen molar-refractivity contribution in [3.05, 3.63) is 58.3 Å². The summed E-state index contributed by atoms with van der Waals surface area (Å²) in [6, 6.07) is 9.63. The molecule has 25 heavy (non-hydrogen) atoms. The molecule has 0 atom stereocenters. The lowest BCUT2D eigenvalue weighted by Crippen LogP contribution is -2.33. The van der Waals surface area contributed by atoms with Crippen LogP contribution in [0.1, 0.15) is 24.2 Å². The Labute approximate surface area is 155 Å². The fourth-order valence-corrected chi connectivity index (χ4v) is 3.75. The van der Waals surface area contributed by atoms with E-state index in [0.717, 1.165) is 0 Å². The van der Waals surface area contributed by atoms with Crippen LogP contribution in [0.5, 0.6) is 0 Å². The molecule has 0 aliphatic rings. The third-order valence-electron chi connectivity index (χ3n) is 3.69. The molecule has 0 fully saturated rings. The van der Waals surface area contributed by atoms with Gasteiger partial charge in [-0.3, -0.25) is 4.79 Å². The molecule has 8 heteroatoms. The van der Waals surface area contributed by atoms with Crippen LogP contribution in [0.25, 0.3) is 0 Å². The van der Waals surface area contributed by atoms with Crippen molar-refractivity contribution in [3.8, 4) is 0 Å². The average molecular weight is 429 g/mol. The van der Waals surface area contributed by atoms with Crippen LogP contribution in [0.15, 0.2) is 51.8 Å². The van der Waals surface area contributed by atoms with Crippen LogP contribution in [0.4, 0.5) is 10.1 Å². The summed E-state index contributed by atoms with van der Waals surface area (Å²) in [6.07, 6.45) is 0. The van der Waals surface area contributed by atoms with E-state index in [1.165, 1.54) is 53.8 Å². The summed E-state index contributed by atoms with van der Waals surface area (Å²) in [6.45, 7) is 3.55. The summed E-state index contributed by atoms with van der Waals surface area (Å²) in [5.74, 6) is -1.26. The number of hydrogen-bond acceptors (Lipinski definition) is 3. The van der Waals surface area contributed by atoms with Crippen LogP contribution in [0.2, 0.25) is 0 Å². The quantitative estimate of drug-likeness (QED) is 0.785. The van der Waals surface area contributed by atoms with E-state index in [1.807, 2.05) is 0 Å². The molecule has 1 amide bonds. The molecule has 2 rings (SSSR count). The van der Waals surface area contributed by atoms with Gasteiger partial charge in [-0.1, -0.05) is 15.9 Å². The van der Waals surface area contributed by atoms with E-state index in [2.05, 4.69) is 21.2 Å². The first-order chi connectivity index (χ1) is 11.6. The lowest BCUT2D eigenvalue weighted by Gasteiger charge is -2.21. The van der Waals surface area contributed by atoms with Gasteiger partial charge in [-0.25, -0.2) is 12.8 Å². The molecule has 134 valence electrons. The van der Waals surface area contributed by atoms with E-state index in [-0.39, 0.29) is 16.5 Å². The highest BCUT2D eigenvalue weighted by molar-refractivity contribution is 9.10. The summed E-state index contributed by atoms with van der Waals surface area (Å²) in [4.78, 5) is 12.3. The van der Waals surface area contributed by atoms with Crippen molar-refractivity contribution in [2.24, 2.45) is 0 Å². The molecule has 0 heterocycles. The second-order valence-electron chi connectivity index (χ2n) is 5.72. The van der Waals surface area contributed by atoms with Gasteiger partial charge in [-0.15, -0.1) is 0 Å². The molecule has 0 saturated carbocycles. The van der Waals surface area contributed by atoms with Crippen LogP contribution in [-0.4, -0.2) is 31.7 Å². The SMILES string of the molecule is CC(C)N(C)S(=O)(=O)c1ccc(NC(=O)c2cc(Br)ccc2F)cc1. The third-order valence-corrected chi connectivity index (χ3v) is 6.23. The highest BCUT2D eigenvalue weighted by Gasteiger charge is 2.23. The number of carbonyl (C=O) groups is 1. The Kier molecular flexibility index (Phi) is 5.97. The van der Waals surface area contributed by atoms with Gasteiger partial charge >= 0.3 is 0 Å². The van der Waals surface area contributed by atoms with E-state index >= 15 is 0 Å². The Bertz CT molecular complexity index is 883. The molecule has 0 unspecified atom stereocenters. The molecule has 1 N–H and O–H groups in total. The Morgan fingerprint density at radius 2 is 1.76 bits per heavy atom. The molecule has 0 aliphatic carbocycles. The lowest BCUT2D eigenvalue weighted by molar-refractivity contribution is 0.102. The van der Waals surface area contributed by atoms with Gasteiger partial charge in [0.15, 0.2) is 0 Å². The number of nitrogens with one attached hydrogen (secondary N) is 1. The summed E-state index contributed by atoms with van der Waals surface area (Å²) >= 11 is 3.19. The van der Waals surface area contributed by atoms with Crippen molar-refractivity contribution in [2.45, 2.75) is 24.8 Å². The van der Waals surface area contributed by atoms with E-state index in [1.54, 1.807) is 13.8 Å². The highest BCUT2D eigenvalue weighted by atomic mass is 79.9. The van der Waals surface area contributed by atoms with Crippen molar-refractivity contribution < 1.29 is 17.6 Å². The van der Waals surface area contributed by atoms with Crippen LogP contribution in [0.3, 0.4) is 0 Å². The van der Waals surface area contributed by atoms with Crippen LogP contribution in [0, 0.1) is 5.82 Å². The zero-order chi connectivity index (χ0) is 18.8. The van der Waals surface area contributed by atoms with E-state index in [9.17, 15) is 17.6 Å². The minimum atomic E-state index is -3.59. The average Bonchev–Trinajstić information content (AvgIpc) is 2.56. The number of hydrogen-bond donors (Lipinski definition) is 1. The smallest absolute Gasteiger partial charge is 0.258 e. The molecule has 0 saturated heterocycles. The molecular weight excluding hydrogens is 411 g/mol. The normalized spacial score (nSPS) is 11.8. The zero-order valence-corrected chi connectivity index (χ0v) is 16.4. The number of halogens is 2. The predicted octanol–water partition coefficient (Wildman–Crippen LogP) is 3.87. The van der Waals surface area contributed by atoms with Gasteiger partial charge in [0.05, 0.1) is 10.5 Å². The van der Waals surface area contributed by atoms with Gasteiger partial charge in [-0.05, 0) is 56.3 Å². The topological polar surface area (TPSA) is 66.5 Å². The zero-order valence-electron chi connectivity index (χ0n) is 14.0. The molecule has 2 aromatic carbocycles. The minimum Gasteiger partial charge on any atom is -0.322 e. The van der Waals surface area contributed by atoms with E-state index in [0.29, 0.717) is 10.2 Å². The second kappa shape index (κ2) is 7.63. The number of amides is 1. The summed E-state index contributed by atoms with van der Waals surface area (Å²) in [5, 5.41) is 2.55. The third kappa shape index (κ3) is 4.45.